The predicted octanol–water partition coefficient (Wildman–Crippen LogP) is 6.10. The maximum Gasteiger partial charge on any atom is 0.407 e. The number of likely N-dealkylation sites (N-methyl/N-ethyl adjacent to an activating group) is 1. The van der Waals surface area contributed by atoms with Gasteiger partial charge in [0.05, 0.1) is 22.8 Å². The van der Waals surface area contributed by atoms with Crippen molar-refractivity contribution in [1.29, 1.82) is 0 Å². The van der Waals surface area contributed by atoms with Crippen LogP contribution >= 0.6 is 0 Å². The molecular formula is C29H48N6O4Si2. The highest BCUT2D eigenvalue weighted by Gasteiger charge is 2.28. The SMILES string of the molecule is CN(C(=O)O)[C@H]1CCCN(c2ccnc3c2c(-c2ccn(COCC[Si](C)(C)C)n2)cn3COCC[Si](C)(C)C)C1. The zero-order chi connectivity index (χ0) is 29.8. The Balaban J connectivity index is 1.64. The minimum absolute atomic E-state index is 0.0626. The Morgan fingerprint density at radius 2 is 1.76 bits per heavy atom. The van der Waals surface area contributed by atoms with Crippen molar-refractivity contribution in [2.75, 3.05) is 38.3 Å². The molecule has 3 aromatic heterocycles. The van der Waals surface area contributed by atoms with E-state index < -0.39 is 22.2 Å². The van der Waals surface area contributed by atoms with Crippen molar-refractivity contribution >= 4 is 39.0 Å². The summed E-state index contributed by atoms with van der Waals surface area (Å²) in [5, 5.41) is 15.5. The van der Waals surface area contributed by atoms with Crippen molar-refractivity contribution in [2.24, 2.45) is 0 Å². The first-order valence-corrected chi connectivity index (χ1v) is 22.1. The second kappa shape index (κ2) is 13.1. The Labute approximate surface area is 246 Å². The highest BCUT2D eigenvalue weighted by atomic mass is 28.3. The summed E-state index contributed by atoms with van der Waals surface area (Å²) in [5.74, 6) is 0. The number of carboxylic acid groups (broad SMARTS) is 1. The standard InChI is InChI=1S/C29H48N6O4Si2/c1-32(29(36)37)23-9-8-13-33(19-23)26-10-12-30-28-27(26)24(20-34(28)21-38-15-17-40(2,3)4)25-11-14-35(31-25)22-39-16-18-41(5,6)7/h10-12,14,20,23H,8-9,13,15-19,21-22H2,1-7H3,(H,36,37)/t23-/m0/s1. The van der Waals surface area contributed by atoms with E-state index >= 15 is 0 Å². The third-order valence-corrected chi connectivity index (χ3v) is 11.1. The molecule has 1 aliphatic heterocycles. The number of nitrogens with zero attached hydrogens (tertiary/aromatic N) is 6. The van der Waals surface area contributed by atoms with Crippen LogP contribution in [-0.4, -0.2) is 91.0 Å². The molecular weight excluding hydrogens is 553 g/mol. The van der Waals surface area contributed by atoms with E-state index in [9.17, 15) is 9.90 Å². The lowest BCUT2D eigenvalue weighted by molar-refractivity contribution is 0.0787. The Morgan fingerprint density at radius 3 is 2.41 bits per heavy atom. The molecule has 0 aliphatic carbocycles. The zero-order valence-corrected chi connectivity index (χ0v) is 27.9. The monoisotopic (exact) mass is 600 g/mol. The quantitative estimate of drug-likeness (QED) is 0.187. The van der Waals surface area contributed by atoms with E-state index in [0.717, 1.165) is 72.7 Å². The lowest BCUT2D eigenvalue weighted by Gasteiger charge is -2.38. The number of ether oxygens (including phenoxy) is 2. The highest BCUT2D eigenvalue weighted by Crippen LogP contribution is 2.37. The summed E-state index contributed by atoms with van der Waals surface area (Å²) in [7, 11) is -0.686. The van der Waals surface area contributed by atoms with Gasteiger partial charge in [-0.15, -0.1) is 0 Å². The second-order valence-electron chi connectivity index (χ2n) is 13.6. The second-order valence-corrected chi connectivity index (χ2v) is 24.9. The van der Waals surface area contributed by atoms with E-state index in [1.165, 1.54) is 4.90 Å². The number of fused-ring (bicyclic) bond motifs is 1. The highest BCUT2D eigenvalue weighted by molar-refractivity contribution is 6.76. The summed E-state index contributed by atoms with van der Waals surface area (Å²) in [6, 6.07) is 6.23. The minimum Gasteiger partial charge on any atom is -0.465 e. The number of rotatable bonds is 13. The summed E-state index contributed by atoms with van der Waals surface area (Å²) >= 11 is 0. The van der Waals surface area contributed by atoms with E-state index in [1.54, 1.807) is 7.05 Å². The third-order valence-electron chi connectivity index (χ3n) is 7.69. The molecule has 0 spiro atoms. The number of piperidine rings is 1. The molecule has 1 saturated heterocycles. The van der Waals surface area contributed by atoms with Crippen molar-refractivity contribution in [3.63, 3.8) is 0 Å². The van der Waals surface area contributed by atoms with Crippen LogP contribution in [0.25, 0.3) is 22.3 Å². The van der Waals surface area contributed by atoms with Gasteiger partial charge in [0, 0.05) is 73.7 Å². The van der Waals surface area contributed by atoms with E-state index in [0.29, 0.717) is 20.0 Å². The van der Waals surface area contributed by atoms with E-state index in [-0.39, 0.29) is 6.04 Å². The topological polar surface area (TPSA) is 97.9 Å². The smallest absolute Gasteiger partial charge is 0.407 e. The molecule has 226 valence electrons. The van der Waals surface area contributed by atoms with Crippen LogP contribution in [0, 0.1) is 0 Å². The van der Waals surface area contributed by atoms with Gasteiger partial charge in [-0.05, 0) is 37.1 Å². The number of hydrogen-bond acceptors (Lipinski definition) is 6. The molecule has 0 aromatic carbocycles. The van der Waals surface area contributed by atoms with E-state index in [1.807, 2.05) is 29.2 Å². The Hall–Kier alpha value is -2.68. The number of amides is 1. The maximum absolute atomic E-state index is 11.7. The van der Waals surface area contributed by atoms with Crippen LogP contribution < -0.4 is 4.90 Å². The molecule has 0 radical (unpaired) electrons. The van der Waals surface area contributed by atoms with Gasteiger partial charge in [0.25, 0.3) is 0 Å². The number of carbonyl (C=O) groups is 1. The summed E-state index contributed by atoms with van der Waals surface area (Å²) in [4.78, 5) is 20.2. The molecule has 1 fully saturated rings. The van der Waals surface area contributed by atoms with E-state index in [2.05, 4.69) is 54.9 Å². The van der Waals surface area contributed by atoms with Crippen LogP contribution in [0.5, 0.6) is 0 Å². The molecule has 4 heterocycles. The Kier molecular flexibility index (Phi) is 9.99. The van der Waals surface area contributed by atoms with Crippen LogP contribution in [0.15, 0.2) is 30.7 Å². The van der Waals surface area contributed by atoms with Gasteiger partial charge in [-0.2, -0.15) is 5.10 Å². The molecule has 1 aliphatic rings. The number of hydrogen-bond donors (Lipinski definition) is 1. The summed E-state index contributed by atoms with van der Waals surface area (Å²) in [6.07, 6.45) is 6.79. The van der Waals surface area contributed by atoms with Gasteiger partial charge >= 0.3 is 6.09 Å². The molecule has 0 saturated carbocycles. The first-order valence-electron chi connectivity index (χ1n) is 14.7. The molecule has 0 unspecified atom stereocenters. The third kappa shape index (κ3) is 8.43. The molecule has 10 nitrogen and oxygen atoms in total. The van der Waals surface area contributed by atoms with Crippen molar-refractivity contribution in [1.82, 2.24) is 24.2 Å². The average molecular weight is 601 g/mol. The fourth-order valence-corrected chi connectivity index (χ4v) is 6.57. The average Bonchev–Trinajstić information content (AvgIpc) is 3.52. The molecule has 0 bridgehead atoms. The van der Waals surface area contributed by atoms with Gasteiger partial charge < -0.3 is 28.9 Å². The van der Waals surface area contributed by atoms with Crippen molar-refractivity contribution in [3.8, 4) is 11.3 Å². The lowest BCUT2D eigenvalue weighted by atomic mass is 10.0. The van der Waals surface area contributed by atoms with Crippen molar-refractivity contribution in [2.45, 2.75) is 83.7 Å². The first kappa shape index (κ1) is 31.3. The molecule has 4 rings (SSSR count). The van der Waals surface area contributed by atoms with Gasteiger partial charge in [-0.1, -0.05) is 39.3 Å². The largest absolute Gasteiger partial charge is 0.465 e. The fourth-order valence-electron chi connectivity index (χ4n) is 5.06. The predicted molar refractivity (Wildman–Crippen MR) is 170 cm³/mol. The van der Waals surface area contributed by atoms with Gasteiger partial charge in [-0.25, -0.2) is 14.5 Å². The van der Waals surface area contributed by atoms with Gasteiger partial charge in [-0.3, -0.25) is 0 Å². The summed E-state index contributed by atoms with van der Waals surface area (Å²) in [6.45, 7) is 17.9. The minimum atomic E-state index is -1.20. The summed E-state index contributed by atoms with van der Waals surface area (Å²) < 4.78 is 16.0. The van der Waals surface area contributed by atoms with Crippen molar-refractivity contribution in [3.05, 3.63) is 30.7 Å². The Bertz CT molecular complexity index is 1310. The maximum atomic E-state index is 11.7. The van der Waals surface area contributed by atoms with Gasteiger partial charge in [0.15, 0.2) is 0 Å². The zero-order valence-electron chi connectivity index (χ0n) is 25.9. The molecule has 41 heavy (non-hydrogen) atoms. The number of aromatic nitrogens is 4. The van der Waals surface area contributed by atoms with E-state index in [4.69, 9.17) is 19.6 Å². The molecule has 12 heteroatoms. The van der Waals surface area contributed by atoms with Crippen LogP contribution in [0.1, 0.15) is 12.8 Å². The van der Waals surface area contributed by atoms with Gasteiger partial charge in [0.1, 0.15) is 19.1 Å². The molecule has 3 aromatic rings. The number of anilines is 1. The molecule has 1 atom stereocenters. The number of pyridine rings is 1. The van der Waals surface area contributed by atoms with Crippen LogP contribution in [0.3, 0.4) is 0 Å². The molecule has 1 amide bonds. The normalized spacial score (nSPS) is 16.5. The van der Waals surface area contributed by atoms with Gasteiger partial charge in [0.2, 0.25) is 0 Å². The fraction of sp³-hybridized carbons (Fsp3) is 0.621. The van der Waals surface area contributed by atoms with Crippen molar-refractivity contribution < 1.29 is 19.4 Å². The molecule has 1 N–H and O–H groups in total. The summed E-state index contributed by atoms with van der Waals surface area (Å²) in [5.41, 5.74) is 3.75. The lowest BCUT2D eigenvalue weighted by Crippen LogP contribution is -2.48. The first-order chi connectivity index (χ1) is 19.3. The van der Waals surface area contributed by atoms with Crippen LogP contribution in [-0.2, 0) is 22.9 Å². The van der Waals surface area contributed by atoms with Crippen LogP contribution in [0.4, 0.5) is 10.5 Å². The Morgan fingerprint density at radius 1 is 1.07 bits per heavy atom. The van der Waals surface area contributed by atoms with Crippen LogP contribution in [0.2, 0.25) is 51.4 Å².